The lowest BCUT2D eigenvalue weighted by Gasteiger charge is -2.24. The average molecular weight is 235 g/mol. The first kappa shape index (κ1) is 11.2. The Hall–Kier alpha value is -0.900. The predicted molar refractivity (Wildman–Crippen MR) is 64.8 cm³/mol. The van der Waals surface area contributed by atoms with Gasteiger partial charge in [-0.1, -0.05) is 6.92 Å². The lowest BCUT2D eigenvalue weighted by atomic mass is 9.97. The van der Waals surface area contributed by atoms with Crippen molar-refractivity contribution in [3.63, 3.8) is 0 Å². The molecular formula is C13H21N3O. The molecule has 1 aromatic rings. The van der Waals surface area contributed by atoms with Crippen LogP contribution in [-0.2, 0) is 24.1 Å². The molecule has 0 radical (unpaired) electrons. The molecular weight excluding hydrogens is 214 g/mol. The van der Waals surface area contributed by atoms with Crippen molar-refractivity contribution >= 4 is 0 Å². The van der Waals surface area contributed by atoms with E-state index in [-0.39, 0.29) is 0 Å². The van der Waals surface area contributed by atoms with Gasteiger partial charge in [0.05, 0.1) is 0 Å². The maximum Gasteiger partial charge on any atom is 0.133 e. The fraction of sp³-hybridized carbons (Fsp3) is 0.846. The fourth-order valence-electron chi connectivity index (χ4n) is 2.92. The maximum atomic E-state index is 5.53. The van der Waals surface area contributed by atoms with E-state index < -0.39 is 0 Å². The van der Waals surface area contributed by atoms with E-state index in [4.69, 9.17) is 4.74 Å². The summed E-state index contributed by atoms with van der Waals surface area (Å²) in [7, 11) is 0. The first-order valence-electron chi connectivity index (χ1n) is 6.81. The molecule has 1 aromatic heterocycles. The van der Waals surface area contributed by atoms with Crippen LogP contribution in [0.25, 0.3) is 0 Å². The van der Waals surface area contributed by atoms with Crippen molar-refractivity contribution in [2.45, 2.75) is 45.6 Å². The molecule has 2 unspecified atom stereocenters. The van der Waals surface area contributed by atoms with Gasteiger partial charge in [0.2, 0.25) is 0 Å². The minimum Gasteiger partial charge on any atom is -0.381 e. The van der Waals surface area contributed by atoms with Gasteiger partial charge < -0.3 is 9.30 Å². The summed E-state index contributed by atoms with van der Waals surface area (Å²) in [6.07, 6.45) is 5.87. The number of hydrogen-bond donors (Lipinski definition) is 0. The molecule has 0 bridgehead atoms. The van der Waals surface area contributed by atoms with E-state index in [1.54, 1.807) is 0 Å². The smallest absolute Gasteiger partial charge is 0.133 e. The number of hydrogen-bond acceptors (Lipinski definition) is 3. The van der Waals surface area contributed by atoms with Gasteiger partial charge in [0, 0.05) is 32.6 Å². The quantitative estimate of drug-likeness (QED) is 0.785. The molecule has 0 spiro atoms. The SMILES string of the molecule is CC1CCn2c(nnc2CC2CCCOC2)C1. The van der Waals surface area contributed by atoms with Gasteiger partial charge in [-0.25, -0.2) is 0 Å². The van der Waals surface area contributed by atoms with Crippen LogP contribution in [0.3, 0.4) is 0 Å². The predicted octanol–water partition coefficient (Wildman–Crippen LogP) is 1.83. The lowest BCUT2D eigenvalue weighted by Crippen LogP contribution is -2.23. The van der Waals surface area contributed by atoms with Crippen LogP contribution in [-0.4, -0.2) is 28.0 Å². The second-order valence-corrected chi connectivity index (χ2v) is 5.57. The van der Waals surface area contributed by atoms with Gasteiger partial charge in [-0.2, -0.15) is 0 Å². The van der Waals surface area contributed by atoms with Crippen molar-refractivity contribution in [3.05, 3.63) is 11.6 Å². The third-order valence-electron chi connectivity index (χ3n) is 4.01. The van der Waals surface area contributed by atoms with Gasteiger partial charge in [-0.15, -0.1) is 10.2 Å². The summed E-state index contributed by atoms with van der Waals surface area (Å²) in [6.45, 7) is 5.24. The van der Waals surface area contributed by atoms with E-state index in [1.165, 1.54) is 30.9 Å². The Morgan fingerprint density at radius 1 is 1.35 bits per heavy atom. The molecule has 2 aliphatic rings. The van der Waals surface area contributed by atoms with Crippen LogP contribution in [0.2, 0.25) is 0 Å². The third kappa shape index (κ3) is 2.37. The standard InChI is InChI=1S/C13H21N3O/c1-10-4-5-16-12(7-10)14-15-13(16)8-11-3-2-6-17-9-11/h10-11H,2-9H2,1H3. The second kappa shape index (κ2) is 4.77. The van der Waals surface area contributed by atoms with Crippen LogP contribution in [0.5, 0.6) is 0 Å². The summed E-state index contributed by atoms with van der Waals surface area (Å²) in [5.74, 6) is 3.78. The molecule has 0 aromatic carbocycles. The molecule has 1 fully saturated rings. The van der Waals surface area contributed by atoms with E-state index in [1.807, 2.05) is 0 Å². The molecule has 2 aliphatic heterocycles. The average Bonchev–Trinajstić information content (AvgIpc) is 2.73. The van der Waals surface area contributed by atoms with Crippen LogP contribution < -0.4 is 0 Å². The monoisotopic (exact) mass is 235 g/mol. The highest BCUT2D eigenvalue weighted by atomic mass is 16.5. The van der Waals surface area contributed by atoms with Crippen molar-refractivity contribution in [3.8, 4) is 0 Å². The fourth-order valence-corrected chi connectivity index (χ4v) is 2.92. The minimum absolute atomic E-state index is 0.649. The lowest BCUT2D eigenvalue weighted by molar-refractivity contribution is 0.0539. The number of ether oxygens (including phenoxy) is 1. The van der Waals surface area contributed by atoms with E-state index in [9.17, 15) is 0 Å². The maximum absolute atomic E-state index is 5.53. The molecule has 4 nitrogen and oxygen atoms in total. The van der Waals surface area contributed by atoms with Gasteiger partial charge in [-0.05, 0) is 31.1 Å². The summed E-state index contributed by atoms with van der Waals surface area (Å²) in [6, 6.07) is 0. The van der Waals surface area contributed by atoms with Gasteiger partial charge in [-0.3, -0.25) is 0 Å². The van der Waals surface area contributed by atoms with Crippen LogP contribution in [0.15, 0.2) is 0 Å². The molecule has 1 saturated heterocycles. The molecule has 3 heterocycles. The summed E-state index contributed by atoms with van der Waals surface area (Å²) in [5.41, 5.74) is 0. The Bertz CT molecular complexity index is 382. The van der Waals surface area contributed by atoms with Gasteiger partial charge >= 0.3 is 0 Å². The zero-order valence-electron chi connectivity index (χ0n) is 10.6. The highest BCUT2D eigenvalue weighted by Crippen LogP contribution is 2.23. The van der Waals surface area contributed by atoms with Crippen LogP contribution in [0.4, 0.5) is 0 Å². The Morgan fingerprint density at radius 3 is 3.12 bits per heavy atom. The van der Waals surface area contributed by atoms with Crippen molar-refractivity contribution < 1.29 is 4.74 Å². The van der Waals surface area contributed by atoms with Crippen molar-refractivity contribution in [2.75, 3.05) is 13.2 Å². The molecule has 0 aliphatic carbocycles. The van der Waals surface area contributed by atoms with Gasteiger partial charge in [0.25, 0.3) is 0 Å². The summed E-state index contributed by atoms with van der Waals surface area (Å²) >= 11 is 0. The van der Waals surface area contributed by atoms with E-state index in [0.29, 0.717) is 5.92 Å². The highest BCUT2D eigenvalue weighted by Gasteiger charge is 2.23. The third-order valence-corrected chi connectivity index (χ3v) is 4.01. The zero-order valence-corrected chi connectivity index (χ0v) is 10.6. The minimum atomic E-state index is 0.649. The molecule has 0 N–H and O–H groups in total. The summed E-state index contributed by atoms with van der Waals surface area (Å²) < 4.78 is 7.88. The van der Waals surface area contributed by atoms with Crippen LogP contribution in [0, 0.1) is 11.8 Å². The Labute approximate surface area is 102 Å². The number of fused-ring (bicyclic) bond motifs is 1. The normalized spacial score (nSPS) is 29.0. The molecule has 4 heteroatoms. The number of rotatable bonds is 2. The first-order valence-corrected chi connectivity index (χ1v) is 6.81. The van der Waals surface area contributed by atoms with Gasteiger partial charge in [0.15, 0.2) is 0 Å². The molecule has 0 amide bonds. The van der Waals surface area contributed by atoms with Crippen molar-refractivity contribution in [2.24, 2.45) is 11.8 Å². The summed E-state index contributed by atoms with van der Waals surface area (Å²) in [4.78, 5) is 0. The molecule has 17 heavy (non-hydrogen) atoms. The largest absolute Gasteiger partial charge is 0.381 e. The van der Waals surface area contributed by atoms with E-state index in [0.717, 1.165) is 38.5 Å². The molecule has 2 atom stereocenters. The van der Waals surface area contributed by atoms with Gasteiger partial charge in [0.1, 0.15) is 11.6 Å². The highest BCUT2D eigenvalue weighted by molar-refractivity contribution is 5.01. The van der Waals surface area contributed by atoms with Crippen molar-refractivity contribution in [1.29, 1.82) is 0 Å². The Kier molecular flexibility index (Phi) is 3.14. The van der Waals surface area contributed by atoms with Crippen LogP contribution >= 0.6 is 0 Å². The Morgan fingerprint density at radius 2 is 2.29 bits per heavy atom. The number of nitrogens with zero attached hydrogens (tertiary/aromatic N) is 3. The second-order valence-electron chi connectivity index (χ2n) is 5.57. The van der Waals surface area contributed by atoms with Crippen molar-refractivity contribution in [1.82, 2.24) is 14.8 Å². The molecule has 0 saturated carbocycles. The van der Waals surface area contributed by atoms with Crippen LogP contribution in [0.1, 0.15) is 37.8 Å². The first-order chi connectivity index (χ1) is 8.33. The Balaban J connectivity index is 1.71. The zero-order chi connectivity index (χ0) is 11.7. The number of aromatic nitrogens is 3. The van der Waals surface area contributed by atoms with E-state index in [2.05, 4.69) is 21.7 Å². The molecule has 94 valence electrons. The summed E-state index contributed by atoms with van der Waals surface area (Å²) in [5, 5.41) is 8.73. The topological polar surface area (TPSA) is 39.9 Å². The van der Waals surface area contributed by atoms with E-state index >= 15 is 0 Å². The molecule has 3 rings (SSSR count).